The minimum atomic E-state index is -1.27. The van der Waals surface area contributed by atoms with E-state index in [9.17, 15) is 4.79 Å². The first-order chi connectivity index (χ1) is 9.56. The Bertz CT molecular complexity index is 405. The zero-order valence-electron chi connectivity index (χ0n) is 14.7. The summed E-state index contributed by atoms with van der Waals surface area (Å²) in [5.74, 6) is -0.204. The van der Waals surface area contributed by atoms with Crippen LogP contribution in [0.5, 0.6) is 0 Å². The molecule has 127 valence electrons. The predicted molar refractivity (Wildman–Crippen MR) is 93.6 cm³/mol. The zero-order chi connectivity index (χ0) is 16.5. The molecule has 0 unspecified atom stereocenters. The summed E-state index contributed by atoms with van der Waals surface area (Å²) in [6.07, 6.45) is 3.91. The van der Waals surface area contributed by atoms with Crippen LogP contribution in [0.4, 0.5) is 0 Å². The summed E-state index contributed by atoms with van der Waals surface area (Å²) < 4.78 is 5.13. The van der Waals surface area contributed by atoms with Crippen molar-refractivity contribution in [2.75, 3.05) is 6.23 Å². The van der Waals surface area contributed by atoms with E-state index in [1.165, 1.54) is 5.56 Å². The van der Waals surface area contributed by atoms with Crippen LogP contribution in [0.1, 0.15) is 32.8 Å². The molecule has 1 aromatic carbocycles. The number of carbonyl (C=O) groups is 1. The number of ether oxygens (including phenoxy) is 1. The summed E-state index contributed by atoms with van der Waals surface area (Å²) in [5.41, 5.74) is 0.708. The van der Waals surface area contributed by atoms with Crippen molar-refractivity contribution in [2.45, 2.75) is 46.8 Å². The maximum atomic E-state index is 11.2. The van der Waals surface area contributed by atoms with Gasteiger partial charge in [0.2, 0.25) is 0 Å². The first-order valence-electron chi connectivity index (χ1n) is 7.47. The summed E-state index contributed by atoms with van der Waals surface area (Å²) >= 11 is 0. The molecule has 0 bridgehead atoms. The summed E-state index contributed by atoms with van der Waals surface area (Å²) in [7, 11) is -1.27. The molecule has 0 spiro atoms. The molecule has 1 radical (unpaired) electrons. The third-order valence-corrected chi connectivity index (χ3v) is 3.44. The molecule has 1 rings (SSSR count). The molecular formula is C18H30CoO2Si. The Morgan fingerprint density at radius 1 is 1.23 bits per heavy atom. The monoisotopic (exact) mass is 365 g/mol. The van der Waals surface area contributed by atoms with E-state index >= 15 is 0 Å². The van der Waals surface area contributed by atoms with Gasteiger partial charge in [0.1, 0.15) is 0 Å². The van der Waals surface area contributed by atoms with Gasteiger partial charge in [0.15, 0.2) is 0 Å². The third kappa shape index (κ3) is 13.0. The van der Waals surface area contributed by atoms with Crippen molar-refractivity contribution < 1.29 is 26.3 Å². The predicted octanol–water partition coefficient (Wildman–Crippen LogP) is 4.91. The maximum Gasteiger partial charge on any atom is 2.00 e. The molecule has 1 aromatic rings. The summed E-state index contributed by atoms with van der Waals surface area (Å²) in [6, 6.07) is 10.4. The number of hydrogen-bond donors (Lipinski definition) is 0. The fraction of sp³-hybridized carbons (Fsp3) is 0.500. The minimum Gasteiger partial charge on any atom is -0.471 e. The molecule has 0 saturated heterocycles. The molecule has 0 atom stereocenters. The summed E-state index contributed by atoms with van der Waals surface area (Å²) in [4.78, 5) is 11.2. The number of esters is 1. The molecule has 4 heteroatoms. The molecule has 0 fully saturated rings. The average Bonchev–Trinajstić information content (AvgIpc) is 2.36. The van der Waals surface area contributed by atoms with Crippen molar-refractivity contribution in [2.24, 2.45) is 5.41 Å². The zero-order valence-corrected chi connectivity index (χ0v) is 16.8. The normalized spacial score (nSPS) is 10.7. The summed E-state index contributed by atoms with van der Waals surface area (Å²) in [6.45, 7) is 15.9. The van der Waals surface area contributed by atoms with Gasteiger partial charge >= 0.3 is 16.8 Å². The Hall–Kier alpha value is -0.717. The van der Waals surface area contributed by atoms with Gasteiger partial charge in [0.25, 0.3) is 5.97 Å². The van der Waals surface area contributed by atoms with Crippen LogP contribution in [0.2, 0.25) is 19.6 Å². The Morgan fingerprint density at radius 2 is 1.73 bits per heavy atom. The van der Waals surface area contributed by atoms with Gasteiger partial charge in [0.05, 0.1) is 14.3 Å². The van der Waals surface area contributed by atoms with Crippen LogP contribution in [0.3, 0.4) is 0 Å². The second-order valence-electron chi connectivity index (χ2n) is 7.04. The molecule has 0 aliphatic heterocycles. The first-order valence-corrected chi connectivity index (χ1v) is 11.2. The summed E-state index contributed by atoms with van der Waals surface area (Å²) in [5, 5.41) is 0. The smallest absolute Gasteiger partial charge is 0.471 e. The number of benzene rings is 1. The van der Waals surface area contributed by atoms with Crippen LogP contribution in [0.15, 0.2) is 30.3 Å². The van der Waals surface area contributed by atoms with E-state index in [0.717, 1.165) is 6.42 Å². The molecule has 0 amide bonds. The number of carbonyl (C=O) groups excluding carboxylic acids is 1. The van der Waals surface area contributed by atoms with Crippen molar-refractivity contribution in [3.63, 3.8) is 0 Å². The van der Waals surface area contributed by atoms with Crippen LogP contribution >= 0.6 is 0 Å². The molecule has 0 aromatic heterocycles. The third-order valence-electron chi connectivity index (χ3n) is 2.43. The van der Waals surface area contributed by atoms with Crippen LogP contribution in [-0.2, 0) is 26.3 Å². The van der Waals surface area contributed by atoms with E-state index in [-0.39, 0.29) is 22.7 Å². The van der Waals surface area contributed by atoms with E-state index in [1.54, 1.807) is 13.8 Å². The standard InChI is InChI=1S/C9H19O2Si.C9H11.Co/c1-9(2,3)8(10)11-7-12(4,5)6;1-2-6-9-7-4-3-5-8-9;/h1,7H2,2-6H3;3-8H,2H2,1H3;/q2*-1;+2. The van der Waals surface area contributed by atoms with Crippen molar-refractivity contribution in [3.05, 3.63) is 49.2 Å². The van der Waals surface area contributed by atoms with Crippen LogP contribution in [-0.4, -0.2) is 20.3 Å². The first kappa shape index (κ1) is 23.5. The van der Waals surface area contributed by atoms with E-state index in [2.05, 4.69) is 64.2 Å². The minimum absolute atomic E-state index is 0. The fourth-order valence-electron chi connectivity index (χ4n) is 1.30. The van der Waals surface area contributed by atoms with Crippen LogP contribution in [0, 0.1) is 18.8 Å². The van der Waals surface area contributed by atoms with Crippen molar-refractivity contribution in [1.29, 1.82) is 0 Å². The fourth-order valence-corrected chi connectivity index (χ4v) is 1.87. The molecule has 0 saturated carbocycles. The second kappa shape index (κ2) is 10.9. The second-order valence-corrected chi connectivity index (χ2v) is 12.5. The molecular weight excluding hydrogens is 335 g/mol. The maximum absolute atomic E-state index is 11.2. The molecule has 0 N–H and O–H groups in total. The van der Waals surface area contributed by atoms with Gasteiger partial charge in [0, 0.05) is 0 Å². The molecule has 0 aliphatic rings. The van der Waals surface area contributed by atoms with Crippen molar-refractivity contribution in [1.82, 2.24) is 0 Å². The van der Waals surface area contributed by atoms with Gasteiger partial charge in [-0.05, 0) is 0 Å². The SMILES string of the molecule is CC[CH-]c1ccccc1.[CH2-]C(C)(C)C(=O)OC[Si](C)(C)C.[Co+2]. The molecule has 2 nitrogen and oxygen atoms in total. The van der Waals surface area contributed by atoms with Crippen LogP contribution < -0.4 is 0 Å². The average molecular weight is 365 g/mol. The van der Waals surface area contributed by atoms with E-state index in [1.807, 2.05) is 6.07 Å². The van der Waals surface area contributed by atoms with Gasteiger partial charge in [-0.3, -0.25) is 4.79 Å². The van der Waals surface area contributed by atoms with Crippen molar-refractivity contribution >= 4 is 14.0 Å². The number of hydrogen-bond acceptors (Lipinski definition) is 2. The largest absolute Gasteiger partial charge is 2.00 e. The molecule has 0 aliphatic carbocycles. The number of rotatable bonds is 5. The Morgan fingerprint density at radius 3 is 2.09 bits per heavy atom. The van der Waals surface area contributed by atoms with Gasteiger partial charge in [-0.1, -0.05) is 58.3 Å². The van der Waals surface area contributed by atoms with Gasteiger partial charge in [-0.15, -0.1) is 12.1 Å². The Kier molecular flexibility index (Phi) is 11.7. The van der Waals surface area contributed by atoms with E-state index in [0.29, 0.717) is 6.23 Å². The van der Waals surface area contributed by atoms with E-state index in [4.69, 9.17) is 4.74 Å². The van der Waals surface area contributed by atoms with Gasteiger partial charge in [-0.25, -0.2) is 0 Å². The topological polar surface area (TPSA) is 26.3 Å². The van der Waals surface area contributed by atoms with Gasteiger partial charge < -0.3 is 11.7 Å². The Labute approximate surface area is 148 Å². The van der Waals surface area contributed by atoms with Gasteiger partial charge in [-0.2, -0.15) is 24.1 Å². The van der Waals surface area contributed by atoms with Crippen molar-refractivity contribution in [3.8, 4) is 0 Å². The molecule has 0 heterocycles. The van der Waals surface area contributed by atoms with Crippen LogP contribution in [0.25, 0.3) is 0 Å². The molecule has 22 heavy (non-hydrogen) atoms. The quantitative estimate of drug-likeness (QED) is 0.421. The van der Waals surface area contributed by atoms with E-state index < -0.39 is 13.5 Å². The Balaban J connectivity index is 0.